The van der Waals surface area contributed by atoms with Crippen molar-refractivity contribution in [2.24, 2.45) is 0 Å². The molecule has 2 aromatic carbocycles. The minimum absolute atomic E-state index is 0.159. The molecule has 1 aliphatic rings. The van der Waals surface area contributed by atoms with Gasteiger partial charge in [0.25, 0.3) is 0 Å². The number of hydrogen-bond donors (Lipinski definition) is 2. The quantitative estimate of drug-likeness (QED) is 0.550. The summed E-state index contributed by atoms with van der Waals surface area (Å²) in [6, 6.07) is 13.1. The SMILES string of the molecule is COc1ccccc1CNC(=O)C(=O)NCC[C@H]1CCCCN1S(=O)(=O)c1ccc(Cl)cc1. The van der Waals surface area contributed by atoms with E-state index < -0.39 is 21.8 Å². The maximum atomic E-state index is 13.1. The lowest BCUT2D eigenvalue weighted by atomic mass is 10.0. The first kappa shape index (κ1) is 25.0. The van der Waals surface area contributed by atoms with Crippen LogP contribution in [0, 0.1) is 0 Å². The fraction of sp³-hybridized carbons (Fsp3) is 0.391. The van der Waals surface area contributed by atoms with Crippen LogP contribution >= 0.6 is 11.6 Å². The number of amides is 2. The molecule has 1 atom stereocenters. The van der Waals surface area contributed by atoms with E-state index in [0.29, 0.717) is 30.2 Å². The van der Waals surface area contributed by atoms with Crippen LogP contribution in [0.4, 0.5) is 0 Å². The van der Waals surface area contributed by atoms with Gasteiger partial charge in [0.1, 0.15) is 5.75 Å². The van der Waals surface area contributed by atoms with E-state index in [1.165, 1.54) is 23.5 Å². The average Bonchev–Trinajstić information content (AvgIpc) is 2.83. The lowest BCUT2D eigenvalue weighted by molar-refractivity contribution is -0.139. The number of nitrogens with one attached hydrogen (secondary N) is 2. The largest absolute Gasteiger partial charge is 0.496 e. The topological polar surface area (TPSA) is 105 Å². The standard InChI is InChI=1S/C23H28ClN3O5S/c1-32-21-8-3-2-6-17(21)16-26-23(29)22(28)25-14-13-19-7-4-5-15-27(19)33(30,31)20-11-9-18(24)10-12-20/h2-3,6,8-12,19H,4-5,7,13-16H2,1H3,(H,25,28)(H,26,29)/t19-/m1/s1. The zero-order chi connectivity index (χ0) is 23.8. The summed E-state index contributed by atoms with van der Waals surface area (Å²) >= 11 is 5.88. The van der Waals surface area contributed by atoms with Crippen molar-refractivity contribution in [3.63, 3.8) is 0 Å². The molecule has 0 radical (unpaired) electrons. The van der Waals surface area contributed by atoms with E-state index in [1.807, 2.05) is 12.1 Å². The van der Waals surface area contributed by atoms with E-state index in [2.05, 4.69) is 10.6 Å². The first-order chi connectivity index (χ1) is 15.8. The maximum Gasteiger partial charge on any atom is 0.309 e. The molecule has 8 nitrogen and oxygen atoms in total. The fourth-order valence-corrected chi connectivity index (χ4v) is 5.71. The van der Waals surface area contributed by atoms with Gasteiger partial charge < -0.3 is 15.4 Å². The Balaban J connectivity index is 1.53. The van der Waals surface area contributed by atoms with Crippen LogP contribution in [0.5, 0.6) is 5.75 Å². The van der Waals surface area contributed by atoms with Crippen molar-refractivity contribution < 1.29 is 22.7 Å². The van der Waals surface area contributed by atoms with E-state index in [9.17, 15) is 18.0 Å². The Labute approximate surface area is 199 Å². The van der Waals surface area contributed by atoms with Crippen LogP contribution in [0.3, 0.4) is 0 Å². The van der Waals surface area contributed by atoms with Gasteiger partial charge in [-0.1, -0.05) is 36.2 Å². The van der Waals surface area contributed by atoms with Crippen LogP contribution in [0.1, 0.15) is 31.2 Å². The Bertz CT molecular complexity index is 1080. The van der Waals surface area contributed by atoms with Crippen molar-refractivity contribution in [3.05, 3.63) is 59.1 Å². The molecule has 178 valence electrons. The summed E-state index contributed by atoms with van der Waals surface area (Å²) in [4.78, 5) is 24.5. The molecule has 0 aromatic heterocycles. The first-order valence-electron chi connectivity index (χ1n) is 10.8. The van der Waals surface area contributed by atoms with Gasteiger partial charge in [0.05, 0.1) is 12.0 Å². The smallest absolute Gasteiger partial charge is 0.309 e. The number of benzene rings is 2. The fourth-order valence-electron chi connectivity index (χ4n) is 3.86. The number of hydrogen-bond acceptors (Lipinski definition) is 5. The Morgan fingerprint density at radius 2 is 1.76 bits per heavy atom. The highest BCUT2D eigenvalue weighted by Crippen LogP contribution is 2.27. The summed E-state index contributed by atoms with van der Waals surface area (Å²) in [5, 5.41) is 5.63. The van der Waals surface area contributed by atoms with Gasteiger partial charge in [-0.05, 0) is 49.6 Å². The summed E-state index contributed by atoms with van der Waals surface area (Å²) in [5.74, 6) is -0.888. The van der Waals surface area contributed by atoms with Gasteiger partial charge in [0, 0.05) is 36.3 Å². The van der Waals surface area contributed by atoms with E-state index in [-0.39, 0.29) is 24.0 Å². The van der Waals surface area contributed by atoms with Crippen LogP contribution in [0.25, 0.3) is 0 Å². The lowest BCUT2D eigenvalue weighted by Crippen LogP contribution is -2.46. The minimum atomic E-state index is -3.67. The molecule has 10 heteroatoms. The molecular formula is C23H28ClN3O5S. The summed E-state index contributed by atoms with van der Waals surface area (Å²) in [7, 11) is -2.13. The molecule has 1 fully saturated rings. The van der Waals surface area contributed by atoms with Crippen LogP contribution < -0.4 is 15.4 Å². The molecule has 0 unspecified atom stereocenters. The van der Waals surface area contributed by atoms with Gasteiger partial charge in [0.15, 0.2) is 0 Å². The Hall–Kier alpha value is -2.62. The van der Waals surface area contributed by atoms with Crippen LogP contribution in [0.15, 0.2) is 53.4 Å². The third-order valence-corrected chi connectivity index (χ3v) is 7.81. The highest BCUT2D eigenvalue weighted by Gasteiger charge is 2.33. The number of halogens is 1. The van der Waals surface area contributed by atoms with Gasteiger partial charge in [-0.25, -0.2) is 8.42 Å². The van der Waals surface area contributed by atoms with Crippen molar-refractivity contribution in [2.75, 3.05) is 20.2 Å². The van der Waals surface area contributed by atoms with Gasteiger partial charge >= 0.3 is 11.8 Å². The number of sulfonamides is 1. The van der Waals surface area contributed by atoms with Crippen molar-refractivity contribution >= 4 is 33.4 Å². The van der Waals surface area contributed by atoms with Crippen molar-refractivity contribution in [3.8, 4) is 5.75 Å². The lowest BCUT2D eigenvalue weighted by Gasteiger charge is -2.34. The second-order valence-corrected chi connectivity index (χ2v) is 10.1. The van der Waals surface area contributed by atoms with Crippen molar-refractivity contribution in [1.29, 1.82) is 0 Å². The van der Waals surface area contributed by atoms with E-state index in [0.717, 1.165) is 18.4 Å². The molecule has 2 N–H and O–H groups in total. The summed E-state index contributed by atoms with van der Waals surface area (Å²) in [6.07, 6.45) is 2.80. The summed E-state index contributed by atoms with van der Waals surface area (Å²) < 4.78 is 32.9. The number of ether oxygens (including phenoxy) is 1. The van der Waals surface area contributed by atoms with Crippen LogP contribution in [-0.2, 0) is 26.2 Å². The molecule has 0 aliphatic carbocycles. The summed E-state index contributed by atoms with van der Waals surface area (Å²) in [6.45, 7) is 0.771. The monoisotopic (exact) mass is 493 g/mol. The molecule has 0 spiro atoms. The zero-order valence-corrected chi connectivity index (χ0v) is 20.0. The van der Waals surface area contributed by atoms with Gasteiger partial charge in [-0.15, -0.1) is 0 Å². The molecule has 1 heterocycles. The van der Waals surface area contributed by atoms with Crippen LogP contribution in [0.2, 0.25) is 5.02 Å². The molecule has 3 rings (SSSR count). The van der Waals surface area contributed by atoms with E-state index in [4.69, 9.17) is 16.3 Å². The second kappa shape index (κ2) is 11.5. The van der Waals surface area contributed by atoms with Crippen LogP contribution in [-0.4, -0.2) is 50.8 Å². The summed E-state index contributed by atoms with van der Waals surface area (Å²) in [5.41, 5.74) is 0.756. The predicted octanol–water partition coefficient (Wildman–Crippen LogP) is 2.71. The number of carbonyl (C=O) groups is 2. The molecule has 1 aliphatic heterocycles. The van der Waals surface area contributed by atoms with E-state index in [1.54, 1.807) is 24.3 Å². The molecule has 33 heavy (non-hydrogen) atoms. The molecule has 2 amide bonds. The third-order valence-electron chi connectivity index (χ3n) is 5.59. The predicted molar refractivity (Wildman–Crippen MR) is 125 cm³/mol. The Morgan fingerprint density at radius 1 is 1.06 bits per heavy atom. The normalized spacial score (nSPS) is 16.7. The minimum Gasteiger partial charge on any atom is -0.496 e. The number of nitrogens with zero attached hydrogens (tertiary/aromatic N) is 1. The molecule has 1 saturated heterocycles. The number of rotatable bonds is 8. The molecule has 2 aromatic rings. The number of piperidine rings is 1. The molecule has 0 bridgehead atoms. The number of methoxy groups -OCH3 is 1. The highest BCUT2D eigenvalue weighted by atomic mass is 35.5. The molecule has 0 saturated carbocycles. The van der Waals surface area contributed by atoms with Gasteiger partial charge in [-0.3, -0.25) is 9.59 Å². The van der Waals surface area contributed by atoms with Gasteiger partial charge in [-0.2, -0.15) is 4.31 Å². The Morgan fingerprint density at radius 3 is 2.48 bits per heavy atom. The van der Waals surface area contributed by atoms with Crippen molar-refractivity contribution in [2.45, 2.75) is 43.2 Å². The number of carbonyl (C=O) groups excluding carboxylic acids is 2. The van der Waals surface area contributed by atoms with Gasteiger partial charge in [0.2, 0.25) is 10.0 Å². The second-order valence-electron chi connectivity index (χ2n) is 7.76. The average molecular weight is 494 g/mol. The maximum absolute atomic E-state index is 13.1. The Kier molecular flexibility index (Phi) is 8.71. The zero-order valence-electron chi connectivity index (χ0n) is 18.4. The number of para-hydroxylation sites is 1. The van der Waals surface area contributed by atoms with Crippen molar-refractivity contribution in [1.82, 2.24) is 14.9 Å². The van der Waals surface area contributed by atoms with E-state index >= 15 is 0 Å². The third kappa shape index (κ3) is 6.46. The first-order valence-corrected chi connectivity index (χ1v) is 12.6. The highest BCUT2D eigenvalue weighted by molar-refractivity contribution is 7.89. The molecular weight excluding hydrogens is 466 g/mol.